The number of nitrogens with one attached hydrogen (secondary N) is 1. The molecule has 2 aliphatic rings. The van der Waals surface area contributed by atoms with Crippen molar-refractivity contribution >= 4 is 5.91 Å². The molecule has 0 atom stereocenters. The number of amides is 1. The van der Waals surface area contributed by atoms with Crippen LogP contribution >= 0.6 is 0 Å². The van der Waals surface area contributed by atoms with Gasteiger partial charge in [-0.15, -0.1) is 10.2 Å². The third-order valence-electron chi connectivity index (χ3n) is 6.01. The van der Waals surface area contributed by atoms with Gasteiger partial charge in [-0.2, -0.15) is 0 Å². The predicted molar refractivity (Wildman–Crippen MR) is 120 cm³/mol. The fourth-order valence-electron chi connectivity index (χ4n) is 4.45. The van der Waals surface area contributed by atoms with Gasteiger partial charge in [0.15, 0.2) is 11.5 Å². The molecule has 6 rings (SSSR count). The minimum Gasteiger partial charge on any atom is -0.454 e. The second-order valence-electron chi connectivity index (χ2n) is 8.13. The Labute approximate surface area is 190 Å². The van der Waals surface area contributed by atoms with E-state index in [1.165, 1.54) is 11.1 Å². The summed E-state index contributed by atoms with van der Waals surface area (Å²) in [5, 5.41) is 11.4. The van der Waals surface area contributed by atoms with Gasteiger partial charge in [-0.1, -0.05) is 54.6 Å². The van der Waals surface area contributed by atoms with E-state index in [1.807, 2.05) is 42.5 Å². The quantitative estimate of drug-likeness (QED) is 0.484. The SMILES string of the molecule is O=C(CCc1nnc(Cc2ccc3c(c2)OCO3)o1)NC1c2ccccc2-c2ccccc21. The van der Waals surface area contributed by atoms with Gasteiger partial charge in [0.2, 0.25) is 24.5 Å². The summed E-state index contributed by atoms with van der Waals surface area (Å²) in [5.41, 5.74) is 5.57. The zero-order chi connectivity index (χ0) is 22.2. The number of benzene rings is 3. The van der Waals surface area contributed by atoms with Crippen molar-refractivity contribution in [3.05, 3.63) is 95.2 Å². The fourth-order valence-corrected chi connectivity index (χ4v) is 4.45. The largest absolute Gasteiger partial charge is 0.454 e. The van der Waals surface area contributed by atoms with Crippen molar-refractivity contribution in [3.8, 4) is 22.6 Å². The second kappa shape index (κ2) is 8.09. The number of carbonyl (C=O) groups is 1. The summed E-state index contributed by atoms with van der Waals surface area (Å²) in [7, 11) is 0. The minimum atomic E-state index is -0.144. The average molecular weight is 439 g/mol. The molecule has 1 N–H and O–H groups in total. The molecule has 3 aromatic carbocycles. The molecular weight excluding hydrogens is 418 g/mol. The van der Waals surface area contributed by atoms with Crippen LogP contribution in [0.3, 0.4) is 0 Å². The van der Waals surface area contributed by atoms with Gasteiger partial charge >= 0.3 is 0 Å². The molecule has 0 spiro atoms. The van der Waals surface area contributed by atoms with Crippen LogP contribution in [0.4, 0.5) is 0 Å². The maximum absolute atomic E-state index is 12.8. The van der Waals surface area contributed by atoms with Crippen LogP contribution < -0.4 is 14.8 Å². The molecule has 0 saturated heterocycles. The second-order valence-corrected chi connectivity index (χ2v) is 8.13. The van der Waals surface area contributed by atoms with Crippen molar-refractivity contribution in [2.24, 2.45) is 0 Å². The lowest BCUT2D eigenvalue weighted by Gasteiger charge is -2.15. The van der Waals surface area contributed by atoms with Gasteiger partial charge in [-0.3, -0.25) is 4.79 Å². The number of fused-ring (bicyclic) bond motifs is 4. The molecule has 1 aromatic heterocycles. The summed E-state index contributed by atoms with van der Waals surface area (Å²) >= 11 is 0. The molecule has 1 amide bonds. The van der Waals surface area contributed by atoms with Crippen LogP contribution in [0.2, 0.25) is 0 Å². The molecule has 1 aliphatic carbocycles. The van der Waals surface area contributed by atoms with Gasteiger partial charge in [0, 0.05) is 12.8 Å². The van der Waals surface area contributed by atoms with E-state index in [-0.39, 0.29) is 25.2 Å². The molecule has 4 aromatic rings. The first-order valence-electron chi connectivity index (χ1n) is 10.9. The van der Waals surface area contributed by atoms with E-state index in [4.69, 9.17) is 13.9 Å². The number of aryl methyl sites for hydroxylation is 1. The normalized spacial score (nSPS) is 13.6. The number of rotatable bonds is 6. The van der Waals surface area contributed by atoms with Crippen LogP contribution in [0.1, 0.15) is 40.9 Å². The first-order valence-corrected chi connectivity index (χ1v) is 10.9. The summed E-state index contributed by atoms with van der Waals surface area (Å²) < 4.78 is 16.5. The predicted octanol–water partition coefficient (Wildman–Crippen LogP) is 4.21. The zero-order valence-electron chi connectivity index (χ0n) is 17.8. The van der Waals surface area contributed by atoms with Crippen molar-refractivity contribution in [1.82, 2.24) is 15.5 Å². The van der Waals surface area contributed by atoms with E-state index in [9.17, 15) is 4.79 Å². The minimum absolute atomic E-state index is 0.0537. The highest BCUT2D eigenvalue weighted by Gasteiger charge is 2.29. The number of aromatic nitrogens is 2. The van der Waals surface area contributed by atoms with E-state index >= 15 is 0 Å². The average Bonchev–Trinajstić information content (AvgIpc) is 3.56. The third-order valence-corrected chi connectivity index (χ3v) is 6.01. The van der Waals surface area contributed by atoms with Crippen LogP contribution in [-0.4, -0.2) is 22.9 Å². The van der Waals surface area contributed by atoms with E-state index in [0.717, 1.165) is 28.2 Å². The standard InChI is InChI=1S/C26H21N3O4/c30-23(27-26-19-7-3-1-5-17(19)18-6-2-4-8-20(18)26)11-12-24-28-29-25(33-24)14-16-9-10-21-22(13-16)32-15-31-21/h1-10,13,26H,11-12,14-15H2,(H,27,30). The first-order chi connectivity index (χ1) is 16.2. The Morgan fingerprint density at radius 1 is 0.879 bits per heavy atom. The first kappa shape index (κ1) is 19.5. The lowest BCUT2D eigenvalue weighted by Crippen LogP contribution is -2.28. The molecule has 1 aliphatic heterocycles. The van der Waals surface area contributed by atoms with Crippen molar-refractivity contribution in [1.29, 1.82) is 0 Å². The maximum Gasteiger partial charge on any atom is 0.231 e. The van der Waals surface area contributed by atoms with Crippen molar-refractivity contribution in [2.45, 2.75) is 25.3 Å². The summed E-state index contributed by atoms with van der Waals surface area (Å²) in [6.45, 7) is 0.240. The van der Waals surface area contributed by atoms with Crippen LogP contribution in [0.25, 0.3) is 11.1 Å². The lowest BCUT2D eigenvalue weighted by atomic mass is 10.1. The Hall–Kier alpha value is -4.13. The Morgan fingerprint density at radius 3 is 2.36 bits per heavy atom. The Balaban J connectivity index is 1.09. The highest BCUT2D eigenvalue weighted by Crippen LogP contribution is 2.43. The number of ether oxygens (including phenoxy) is 2. The van der Waals surface area contributed by atoms with Gasteiger partial charge < -0.3 is 19.2 Å². The van der Waals surface area contributed by atoms with E-state index in [1.54, 1.807) is 0 Å². The Bertz CT molecular complexity index is 1300. The number of hydrogen-bond acceptors (Lipinski definition) is 6. The number of carbonyl (C=O) groups excluding carboxylic acids is 1. The van der Waals surface area contributed by atoms with E-state index < -0.39 is 0 Å². The highest BCUT2D eigenvalue weighted by molar-refractivity contribution is 5.83. The summed E-state index contributed by atoms with van der Waals surface area (Å²) in [6.07, 6.45) is 1.15. The molecule has 7 heteroatoms. The van der Waals surface area contributed by atoms with E-state index in [0.29, 0.717) is 24.6 Å². The lowest BCUT2D eigenvalue weighted by molar-refractivity contribution is -0.121. The van der Waals surface area contributed by atoms with E-state index in [2.05, 4.69) is 39.8 Å². The van der Waals surface area contributed by atoms with Crippen molar-refractivity contribution in [2.75, 3.05) is 6.79 Å². The Kier molecular flexibility index (Phi) is 4.79. The zero-order valence-corrected chi connectivity index (χ0v) is 17.8. The molecule has 7 nitrogen and oxygen atoms in total. The molecule has 0 bridgehead atoms. The molecular formula is C26H21N3O4. The molecule has 2 heterocycles. The van der Waals surface area contributed by atoms with Gasteiger partial charge in [0.25, 0.3) is 0 Å². The topological polar surface area (TPSA) is 86.5 Å². The smallest absolute Gasteiger partial charge is 0.231 e. The monoisotopic (exact) mass is 439 g/mol. The summed E-state index contributed by atoms with van der Waals surface area (Å²) in [4.78, 5) is 12.8. The van der Waals surface area contributed by atoms with Gasteiger partial charge in [0.05, 0.1) is 12.5 Å². The van der Waals surface area contributed by atoms with Crippen LogP contribution in [0.5, 0.6) is 11.5 Å². The fraction of sp³-hybridized carbons (Fsp3) is 0.192. The third kappa shape index (κ3) is 3.71. The number of hydrogen-bond donors (Lipinski definition) is 1. The molecule has 33 heavy (non-hydrogen) atoms. The van der Waals surface area contributed by atoms with Gasteiger partial charge in [0.1, 0.15) is 0 Å². The number of nitrogens with zero attached hydrogens (tertiary/aromatic N) is 2. The molecule has 164 valence electrons. The molecule has 0 saturated carbocycles. The van der Waals surface area contributed by atoms with Gasteiger partial charge in [-0.25, -0.2) is 0 Å². The molecule has 0 radical (unpaired) electrons. The Morgan fingerprint density at radius 2 is 1.58 bits per heavy atom. The molecule has 0 fully saturated rings. The van der Waals surface area contributed by atoms with Crippen LogP contribution in [0, 0.1) is 0 Å². The summed E-state index contributed by atoms with van der Waals surface area (Å²) in [6, 6.07) is 22.0. The summed E-state index contributed by atoms with van der Waals surface area (Å²) in [5.74, 6) is 2.36. The van der Waals surface area contributed by atoms with Gasteiger partial charge in [-0.05, 0) is 39.9 Å². The highest BCUT2D eigenvalue weighted by atomic mass is 16.7. The van der Waals surface area contributed by atoms with Crippen LogP contribution in [0.15, 0.2) is 71.1 Å². The molecule has 0 unspecified atom stereocenters. The van der Waals surface area contributed by atoms with Crippen molar-refractivity contribution < 1.29 is 18.7 Å². The van der Waals surface area contributed by atoms with Crippen LogP contribution in [-0.2, 0) is 17.6 Å². The van der Waals surface area contributed by atoms with Crippen molar-refractivity contribution in [3.63, 3.8) is 0 Å². The maximum atomic E-state index is 12.8.